The fraction of sp³-hybridized carbons (Fsp3) is 0.600. The molecule has 0 aliphatic rings. The van der Waals surface area contributed by atoms with E-state index in [1.54, 1.807) is 18.1 Å². The Morgan fingerprint density at radius 1 is 1.23 bits per heavy atom. The second kappa shape index (κ2) is 10.6. The maximum Gasteiger partial charge on any atom is 0.255 e. The van der Waals surface area contributed by atoms with Gasteiger partial charge in [-0.05, 0) is 24.5 Å². The van der Waals surface area contributed by atoms with E-state index in [2.05, 4.69) is 18.8 Å². The fourth-order valence-electron chi connectivity index (χ4n) is 1.78. The standard InChI is InChI=1S/C15H26N4O.2ClH/c1-11(2)13(16)8-9-19(5)15(20)12-6-7-14(17-10-12)18(3)4;;/h6-7,10-11,13H,8-9,16H2,1-5H3;2*1H. The third-order valence-corrected chi connectivity index (χ3v) is 3.45. The Balaban J connectivity index is 0. The molecule has 2 N–H and O–H groups in total. The summed E-state index contributed by atoms with van der Waals surface area (Å²) in [4.78, 5) is 20.1. The SMILES string of the molecule is CC(C)C(N)CCN(C)C(=O)c1ccc(N(C)C)nc1.Cl.Cl. The predicted molar refractivity (Wildman–Crippen MR) is 97.5 cm³/mol. The molecule has 1 amide bonds. The summed E-state index contributed by atoms with van der Waals surface area (Å²) in [6, 6.07) is 3.78. The summed E-state index contributed by atoms with van der Waals surface area (Å²) < 4.78 is 0. The van der Waals surface area contributed by atoms with Gasteiger partial charge in [0.15, 0.2) is 0 Å². The average molecular weight is 351 g/mol. The van der Waals surface area contributed by atoms with E-state index >= 15 is 0 Å². The lowest BCUT2D eigenvalue weighted by Crippen LogP contribution is -2.34. The minimum atomic E-state index is -0.0150. The Labute approximate surface area is 146 Å². The van der Waals surface area contributed by atoms with Gasteiger partial charge >= 0.3 is 0 Å². The molecule has 0 radical (unpaired) electrons. The number of hydrogen-bond acceptors (Lipinski definition) is 4. The number of amides is 1. The van der Waals surface area contributed by atoms with Crippen LogP contribution in [0.5, 0.6) is 0 Å². The first-order chi connectivity index (χ1) is 9.32. The van der Waals surface area contributed by atoms with Crippen molar-refractivity contribution in [3.05, 3.63) is 23.9 Å². The summed E-state index contributed by atoms with van der Waals surface area (Å²) in [6.07, 6.45) is 2.43. The molecule has 0 fully saturated rings. The highest BCUT2D eigenvalue weighted by atomic mass is 35.5. The molecule has 128 valence electrons. The van der Waals surface area contributed by atoms with Crippen molar-refractivity contribution >= 4 is 36.5 Å². The van der Waals surface area contributed by atoms with Gasteiger partial charge in [0.1, 0.15) is 5.82 Å². The second-order valence-corrected chi connectivity index (χ2v) is 5.72. The third-order valence-electron chi connectivity index (χ3n) is 3.45. The Hall–Kier alpha value is -1.04. The molecule has 0 bridgehead atoms. The number of hydrogen-bond donors (Lipinski definition) is 1. The number of halogens is 2. The van der Waals surface area contributed by atoms with Gasteiger partial charge in [-0.25, -0.2) is 4.98 Å². The molecule has 0 saturated heterocycles. The number of anilines is 1. The second-order valence-electron chi connectivity index (χ2n) is 5.72. The van der Waals surface area contributed by atoms with Crippen LogP contribution < -0.4 is 10.6 Å². The van der Waals surface area contributed by atoms with Crippen LogP contribution in [0.1, 0.15) is 30.6 Å². The molecular formula is C15H28Cl2N4O. The molecule has 1 heterocycles. The summed E-state index contributed by atoms with van der Waals surface area (Å²) in [5.74, 6) is 1.25. The van der Waals surface area contributed by atoms with Crippen molar-refractivity contribution in [2.24, 2.45) is 11.7 Å². The first-order valence-corrected chi connectivity index (χ1v) is 6.97. The maximum atomic E-state index is 12.2. The summed E-state index contributed by atoms with van der Waals surface area (Å²) in [5, 5.41) is 0. The summed E-state index contributed by atoms with van der Waals surface area (Å²) in [6.45, 7) is 4.85. The van der Waals surface area contributed by atoms with E-state index in [1.165, 1.54) is 0 Å². The van der Waals surface area contributed by atoms with E-state index < -0.39 is 0 Å². The molecule has 1 rings (SSSR count). The van der Waals surface area contributed by atoms with Crippen LogP contribution >= 0.6 is 24.8 Å². The number of pyridine rings is 1. The van der Waals surface area contributed by atoms with Gasteiger partial charge in [0.25, 0.3) is 5.91 Å². The number of aromatic nitrogens is 1. The summed E-state index contributed by atoms with van der Waals surface area (Å²) >= 11 is 0. The molecule has 22 heavy (non-hydrogen) atoms. The number of rotatable bonds is 6. The molecular weight excluding hydrogens is 323 g/mol. The van der Waals surface area contributed by atoms with E-state index in [4.69, 9.17) is 5.73 Å². The molecule has 0 spiro atoms. The first-order valence-electron chi connectivity index (χ1n) is 6.97. The van der Waals surface area contributed by atoms with E-state index in [9.17, 15) is 4.79 Å². The lowest BCUT2D eigenvalue weighted by molar-refractivity contribution is 0.0789. The zero-order valence-electron chi connectivity index (χ0n) is 13.9. The molecule has 7 heteroatoms. The van der Waals surface area contributed by atoms with Gasteiger partial charge in [0, 0.05) is 39.9 Å². The van der Waals surface area contributed by atoms with Crippen molar-refractivity contribution in [3.8, 4) is 0 Å². The molecule has 5 nitrogen and oxygen atoms in total. The Morgan fingerprint density at radius 3 is 2.23 bits per heavy atom. The van der Waals surface area contributed by atoms with Crippen LogP contribution in [0, 0.1) is 5.92 Å². The highest BCUT2D eigenvalue weighted by Crippen LogP contribution is 2.10. The molecule has 1 unspecified atom stereocenters. The number of nitrogens with zero attached hydrogens (tertiary/aromatic N) is 3. The lowest BCUT2D eigenvalue weighted by atomic mass is 10.0. The molecule has 1 aromatic rings. The highest BCUT2D eigenvalue weighted by Gasteiger charge is 2.14. The van der Waals surface area contributed by atoms with Crippen molar-refractivity contribution in [1.29, 1.82) is 0 Å². The molecule has 0 aliphatic heterocycles. The quantitative estimate of drug-likeness (QED) is 0.855. The van der Waals surface area contributed by atoms with Crippen LogP contribution in [0.3, 0.4) is 0 Å². The van der Waals surface area contributed by atoms with Crippen molar-refractivity contribution < 1.29 is 4.79 Å². The van der Waals surface area contributed by atoms with Crippen LogP contribution in [0.15, 0.2) is 18.3 Å². The summed E-state index contributed by atoms with van der Waals surface area (Å²) in [5.41, 5.74) is 6.61. The topological polar surface area (TPSA) is 62.5 Å². The number of carbonyl (C=O) groups excluding carboxylic acids is 1. The Morgan fingerprint density at radius 2 is 1.82 bits per heavy atom. The average Bonchev–Trinajstić information content (AvgIpc) is 2.43. The maximum absolute atomic E-state index is 12.2. The largest absolute Gasteiger partial charge is 0.363 e. The van der Waals surface area contributed by atoms with Crippen LogP contribution in [0.2, 0.25) is 0 Å². The van der Waals surface area contributed by atoms with Gasteiger partial charge in [-0.3, -0.25) is 4.79 Å². The highest BCUT2D eigenvalue weighted by molar-refractivity contribution is 5.93. The van der Waals surface area contributed by atoms with Crippen LogP contribution in [0.4, 0.5) is 5.82 Å². The summed E-state index contributed by atoms with van der Waals surface area (Å²) in [7, 11) is 5.64. The lowest BCUT2D eigenvalue weighted by Gasteiger charge is -2.21. The van der Waals surface area contributed by atoms with Gasteiger partial charge in [0.2, 0.25) is 0 Å². The van der Waals surface area contributed by atoms with E-state index in [-0.39, 0.29) is 36.8 Å². The van der Waals surface area contributed by atoms with Gasteiger partial charge in [-0.1, -0.05) is 13.8 Å². The van der Waals surface area contributed by atoms with E-state index in [1.807, 2.05) is 31.1 Å². The number of carbonyl (C=O) groups is 1. The van der Waals surface area contributed by atoms with Gasteiger partial charge in [0.05, 0.1) is 5.56 Å². The molecule has 1 atom stereocenters. The normalized spacial score (nSPS) is 11.2. The molecule has 0 aliphatic carbocycles. The fourth-order valence-corrected chi connectivity index (χ4v) is 1.78. The van der Waals surface area contributed by atoms with Gasteiger partial charge in [-0.15, -0.1) is 24.8 Å². The van der Waals surface area contributed by atoms with Crippen molar-refractivity contribution in [1.82, 2.24) is 9.88 Å². The van der Waals surface area contributed by atoms with Crippen molar-refractivity contribution in [2.45, 2.75) is 26.3 Å². The van der Waals surface area contributed by atoms with Crippen molar-refractivity contribution in [2.75, 3.05) is 32.6 Å². The molecule has 0 aromatic carbocycles. The molecule has 0 saturated carbocycles. The van der Waals surface area contributed by atoms with Gasteiger partial charge < -0.3 is 15.5 Å². The Bertz CT molecular complexity index is 438. The zero-order valence-corrected chi connectivity index (χ0v) is 15.6. The minimum absolute atomic E-state index is 0. The van der Waals surface area contributed by atoms with Crippen LogP contribution in [-0.2, 0) is 0 Å². The van der Waals surface area contributed by atoms with E-state index in [0.29, 0.717) is 18.0 Å². The van der Waals surface area contributed by atoms with Gasteiger partial charge in [-0.2, -0.15) is 0 Å². The molecule has 1 aromatic heterocycles. The Kier molecular flexibility index (Phi) is 11.2. The smallest absolute Gasteiger partial charge is 0.255 e. The van der Waals surface area contributed by atoms with Crippen molar-refractivity contribution in [3.63, 3.8) is 0 Å². The first kappa shape index (κ1) is 23.2. The third kappa shape index (κ3) is 6.81. The minimum Gasteiger partial charge on any atom is -0.363 e. The van der Waals surface area contributed by atoms with E-state index in [0.717, 1.165) is 12.2 Å². The predicted octanol–water partition coefficient (Wildman–Crippen LogP) is 2.44. The number of nitrogens with two attached hydrogens (primary N) is 1. The van der Waals surface area contributed by atoms with Crippen LogP contribution in [0.25, 0.3) is 0 Å². The zero-order chi connectivity index (χ0) is 15.3. The van der Waals surface area contributed by atoms with Crippen LogP contribution in [-0.4, -0.2) is 49.5 Å². The monoisotopic (exact) mass is 350 g/mol.